The Kier molecular flexibility index (Phi) is 8.98. The van der Waals surface area contributed by atoms with Gasteiger partial charge in [-0.05, 0) is 18.9 Å². The van der Waals surface area contributed by atoms with E-state index in [1.807, 2.05) is 0 Å². The first-order valence-corrected chi connectivity index (χ1v) is 7.76. The van der Waals surface area contributed by atoms with Crippen LogP contribution in [0.4, 0.5) is 0 Å². The van der Waals surface area contributed by atoms with Crippen LogP contribution in [0.2, 0.25) is 0 Å². The maximum Gasteiger partial charge on any atom is 0.257 e. The Morgan fingerprint density at radius 2 is 2.14 bits per heavy atom. The van der Waals surface area contributed by atoms with Crippen molar-refractivity contribution in [2.24, 2.45) is 0 Å². The fourth-order valence-electron chi connectivity index (χ4n) is 2.00. The van der Waals surface area contributed by atoms with E-state index in [4.69, 9.17) is 9.15 Å². The van der Waals surface area contributed by atoms with Gasteiger partial charge in [-0.25, -0.2) is 0 Å². The number of carbonyl (C=O) groups excluding carboxylic acids is 2. The summed E-state index contributed by atoms with van der Waals surface area (Å²) in [5, 5.41) is 2.83. The smallest absolute Gasteiger partial charge is 0.257 e. The van der Waals surface area contributed by atoms with E-state index in [-0.39, 0.29) is 11.8 Å². The molecule has 0 atom stereocenters. The number of carbonyl (C=O) groups is 2. The maximum absolute atomic E-state index is 12.3. The number of nitrogens with one attached hydrogen (secondary N) is 1. The Hall–Kier alpha value is -1.82. The lowest BCUT2D eigenvalue weighted by atomic mass is 10.2. The molecule has 0 fully saturated rings. The average molecular weight is 310 g/mol. The van der Waals surface area contributed by atoms with Gasteiger partial charge in [0.2, 0.25) is 5.91 Å². The average Bonchev–Trinajstić information content (AvgIpc) is 3.05. The van der Waals surface area contributed by atoms with Crippen molar-refractivity contribution in [2.75, 3.05) is 33.4 Å². The van der Waals surface area contributed by atoms with E-state index in [2.05, 4.69) is 12.2 Å². The summed E-state index contributed by atoms with van der Waals surface area (Å²) in [4.78, 5) is 25.8. The summed E-state index contributed by atoms with van der Waals surface area (Å²) in [6.45, 7) is 4.36. The van der Waals surface area contributed by atoms with Crippen molar-refractivity contribution in [3.63, 3.8) is 0 Å². The van der Waals surface area contributed by atoms with E-state index < -0.39 is 0 Å². The summed E-state index contributed by atoms with van der Waals surface area (Å²) >= 11 is 0. The van der Waals surface area contributed by atoms with E-state index in [0.717, 1.165) is 19.3 Å². The lowest BCUT2D eigenvalue weighted by molar-refractivity contribution is -0.121. The molecule has 0 saturated carbocycles. The van der Waals surface area contributed by atoms with E-state index in [1.165, 1.54) is 12.5 Å². The first-order valence-electron chi connectivity index (χ1n) is 7.76. The van der Waals surface area contributed by atoms with Gasteiger partial charge in [-0.1, -0.05) is 13.3 Å². The highest BCUT2D eigenvalue weighted by Gasteiger charge is 2.17. The standard InChI is InChI=1S/C16H26N2O4/c1-3-4-9-18(16(20)14-7-12-22-13-14)10-6-15(19)17-8-5-11-21-2/h7,12-13H,3-6,8-11H2,1-2H3,(H,17,19). The topological polar surface area (TPSA) is 71.8 Å². The van der Waals surface area contributed by atoms with Crippen LogP contribution >= 0.6 is 0 Å². The van der Waals surface area contributed by atoms with Crippen LogP contribution in [-0.4, -0.2) is 50.1 Å². The molecule has 0 aliphatic heterocycles. The van der Waals surface area contributed by atoms with Crippen molar-refractivity contribution < 1.29 is 18.7 Å². The molecule has 124 valence electrons. The molecule has 0 spiro atoms. The van der Waals surface area contributed by atoms with Crippen LogP contribution in [0.1, 0.15) is 43.0 Å². The largest absolute Gasteiger partial charge is 0.472 e. The molecule has 0 aliphatic carbocycles. The quantitative estimate of drug-likeness (QED) is 0.635. The number of nitrogens with zero attached hydrogens (tertiary/aromatic N) is 1. The Morgan fingerprint density at radius 3 is 2.77 bits per heavy atom. The highest BCUT2D eigenvalue weighted by molar-refractivity contribution is 5.94. The molecule has 2 amide bonds. The zero-order valence-electron chi connectivity index (χ0n) is 13.5. The molecule has 22 heavy (non-hydrogen) atoms. The molecule has 1 aromatic heterocycles. The van der Waals surface area contributed by atoms with Crippen molar-refractivity contribution >= 4 is 11.8 Å². The number of amides is 2. The zero-order valence-corrected chi connectivity index (χ0v) is 13.5. The van der Waals surface area contributed by atoms with E-state index >= 15 is 0 Å². The van der Waals surface area contributed by atoms with Crippen molar-refractivity contribution in [3.05, 3.63) is 24.2 Å². The van der Waals surface area contributed by atoms with Gasteiger partial charge in [-0.3, -0.25) is 9.59 Å². The number of hydrogen-bond acceptors (Lipinski definition) is 4. The van der Waals surface area contributed by atoms with Crippen LogP contribution in [0.15, 0.2) is 23.0 Å². The van der Waals surface area contributed by atoms with Crippen LogP contribution in [0.3, 0.4) is 0 Å². The third-order valence-corrected chi connectivity index (χ3v) is 3.29. The summed E-state index contributed by atoms with van der Waals surface area (Å²) in [6.07, 6.45) is 5.92. The molecule has 0 saturated heterocycles. The van der Waals surface area contributed by atoms with E-state index in [0.29, 0.717) is 38.2 Å². The fraction of sp³-hybridized carbons (Fsp3) is 0.625. The van der Waals surface area contributed by atoms with Gasteiger partial charge in [0.15, 0.2) is 0 Å². The minimum absolute atomic E-state index is 0.0439. The second-order valence-electron chi connectivity index (χ2n) is 5.10. The molecule has 1 N–H and O–H groups in total. The van der Waals surface area contributed by atoms with Gasteiger partial charge in [-0.2, -0.15) is 0 Å². The van der Waals surface area contributed by atoms with E-state index in [1.54, 1.807) is 18.1 Å². The number of furan rings is 1. The summed E-state index contributed by atoms with van der Waals surface area (Å²) in [5.74, 6) is -0.132. The van der Waals surface area contributed by atoms with Gasteiger partial charge in [0.1, 0.15) is 6.26 Å². The molecule has 6 heteroatoms. The monoisotopic (exact) mass is 310 g/mol. The molecule has 0 aliphatic rings. The van der Waals surface area contributed by atoms with Crippen molar-refractivity contribution in [2.45, 2.75) is 32.6 Å². The molecular formula is C16H26N2O4. The predicted molar refractivity (Wildman–Crippen MR) is 83.6 cm³/mol. The molecular weight excluding hydrogens is 284 g/mol. The van der Waals surface area contributed by atoms with Gasteiger partial charge >= 0.3 is 0 Å². The molecule has 0 bridgehead atoms. The summed E-state index contributed by atoms with van der Waals surface area (Å²) < 4.78 is 9.88. The number of rotatable bonds is 11. The molecule has 0 aromatic carbocycles. The minimum Gasteiger partial charge on any atom is -0.472 e. The molecule has 1 rings (SSSR count). The number of ether oxygens (including phenoxy) is 1. The van der Waals surface area contributed by atoms with Crippen LogP contribution in [0, 0.1) is 0 Å². The third-order valence-electron chi connectivity index (χ3n) is 3.29. The molecule has 1 aromatic rings. The number of unbranched alkanes of at least 4 members (excludes halogenated alkanes) is 1. The van der Waals surface area contributed by atoms with Crippen LogP contribution in [-0.2, 0) is 9.53 Å². The van der Waals surface area contributed by atoms with Gasteiger partial charge < -0.3 is 19.4 Å². The lowest BCUT2D eigenvalue weighted by Crippen LogP contribution is -2.36. The van der Waals surface area contributed by atoms with Gasteiger partial charge in [0.25, 0.3) is 5.91 Å². The van der Waals surface area contributed by atoms with Gasteiger partial charge in [-0.15, -0.1) is 0 Å². The zero-order chi connectivity index (χ0) is 16.2. The SMILES string of the molecule is CCCCN(CCC(=O)NCCCOC)C(=O)c1ccoc1. The second-order valence-corrected chi connectivity index (χ2v) is 5.10. The van der Waals surface area contributed by atoms with E-state index in [9.17, 15) is 9.59 Å². The van der Waals surface area contributed by atoms with Crippen molar-refractivity contribution in [1.82, 2.24) is 10.2 Å². The summed E-state index contributed by atoms with van der Waals surface area (Å²) in [7, 11) is 1.63. The first-order chi connectivity index (χ1) is 10.7. The Labute approximate surface area is 131 Å². The minimum atomic E-state index is -0.0885. The molecule has 1 heterocycles. The van der Waals surface area contributed by atoms with Crippen molar-refractivity contribution in [1.29, 1.82) is 0 Å². The maximum atomic E-state index is 12.3. The summed E-state index contributed by atoms with van der Waals surface area (Å²) in [5.41, 5.74) is 0.525. The Bertz CT molecular complexity index is 431. The normalized spacial score (nSPS) is 10.5. The first kappa shape index (κ1) is 18.2. The second kappa shape index (κ2) is 10.8. The molecule has 0 radical (unpaired) electrons. The van der Waals surface area contributed by atoms with Gasteiger partial charge in [0.05, 0.1) is 11.8 Å². The fourth-order valence-corrected chi connectivity index (χ4v) is 2.00. The summed E-state index contributed by atoms with van der Waals surface area (Å²) in [6, 6.07) is 1.64. The molecule has 0 unspecified atom stereocenters. The van der Waals surface area contributed by atoms with Crippen molar-refractivity contribution in [3.8, 4) is 0 Å². The highest BCUT2D eigenvalue weighted by atomic mass is 16.5. The molecule has 6 nitrogen and oxygen atoms in total. The highest BCUT2D eigenvalue weighted by Crippen LogP contribution is 2.08. The Balaban J connectivity index is 2.41. The van der Waals surface area contributed by atoms with Crippen LogP contribution in [0.25, 0.3) is 0 Å². The van der Waals surface area contributed by atoms with Crippen LogP contribution < -0.4 is 5.32 Å². The van der Waals surface area contributed by atoms with Crippen LogP contribution in [0.5, 0.6) is 0 Å². The number of hydrogen-bond donors (Lipinski definition) is 1. The number of methoxy groups -OCH3 is 1. The third kappa shape index (κ3) is 6.76. The predicted octanol–water partition coefficient (Wildman–Crippen LogP) is 2.06. The lowest BCUT2D eigenvalue weighted by Gasteiger charge is -2.21. The van der Waals surface area contributed by atoms with Gasteiger partial charge in [0, 0.05) is 39.8 Å². The Morgan fingerprint density at radius 1 is 1.32 bits per heavy atom.